The van der Waals surface area contributed by atoms with Crippen molar-refractivity contribution in [3.63, 3.8) is 0 Å². The van der Waals surface area contributed by atoms with E-state index in [0.717, 1.165) is 18.4 Å². The van der Waals surface area contributed by atoms with Crippen LogP contribution in [-0.2, 0) is 17.6 Å². The molecule has 1 aromatic rings. The number of nitrogens with one attached hydrogen (secondary N) is 1. The van der Waals surface area contributed by atoms with Gasteiger partial charge in [-0.05, 0) is 75.0 Å². The van der Waals surface area contributed by atoms with Crippen LogP contribution >= 0.6 is 0 Å². The molecule has 1 aromatic carbocycles. The maximum atomic E-state index is 6.12. The summed E-state index contributed by atoms with van der Waals surface area (Å²) in [4.78, 5) is 0. The number of benzene rings is 1. The molecule has 1 N–H and O–H groups in total. The molecule has 0 radical (unpaired) electrons. The summed E-state index contributed by atoms with van der Waals surface area (Å²) in [7, 11) is 2.16. The van der Waals surface area contributed by atoms with Gasteiger partial charge in [0.25, 0.3) is 0 Å². The summed E-state index contributed by atoms with van der Waals surface area (Å²) in [5, 5.41) is 3.68. The van der Waals surface area contributed by atoms with E-state index >= 15 is 0 Å². The average Bonchev–Trinajstić information content (AvgIpc) is 2.90. The highest BCUT2D eigenvalue weighted by Gasteiger charge is 2.45. The van der Waals surface area contributed by atoms with Crippen LogP contribution in [0.2, 0.25) is 0 Å². The SMILES string of the molecule is CNC(C1Cc2ccccc2C1)C1CCOC2(CCC2)C1. The minimum absolute atomic E-state index is 0.267. The maximum absolute atomic E-state index is 6.12. The van der Waals surface area contributed by atoms with Gasteiger partial charge in [-0.1, -0.05) is 24.3 Å². The van der Waals surface area contributed by atoms with Crippen LogP contribution < -0.4 is 5.32 Å². The monoisotopic (exact) mass is 285 g/mol. The maximum Gasteiger partial charge on any atom is 0.0685 e. The van der Waals surface area contributed by atoms with Crippen molar-refractivity contribution in [1.82, 2.24) is 5.32 Å². The zero-order chi connectivity index (χ0) is 14.3. The Bertz CT molecular complexity index is 483. The molecule has 21 heavy (non-hydrogen) atoms. The number of ether oxygens (including phenoxy) is 1. The molecule has 2 unspecified atom stereocenters. The van der Waals surface area contributed by atoms with Crippen molar-refractivity contribution in [1.29, 1.82) is 0 Å². The second-order valence-corrected chi connectivity index (χ2v) is 7.39. The van der Waals surface area contributed by atoms with Crippen molar-refractivity contribution in [3.8, 4) is 0 Å². The van der Waals surface area contributed by atoms with E-state index in [2.05, 4.69) is 36.6 Å². The topological polar surface area (TPSA) is 21.3 Å². The Hall–Kier alpha value is -0.860. The van der Waals surface area contributed by atoms with Gasteiger partial charge in [0.05, 0.1) is 5.60 Å². The summed E-state index contributed by atoms with van der Waals surface area (Å²) in [5.74, 6) is 1.57. The number of hydrogen-bond acceptors (Lipinski definition) is 2. The van der Waals surface area contributed by atoms with Crippen LogP contribution in [0, 0.1) is 11.8 Å². The summed E-state index contributed by atoms with van der Waals surface area (Å²) in [6.07, 6.45) is 8.99. The predicted molar refractivity (Wildman–Crippen MR) is 85.4 cm³/mol. The van der Waals surface area contributed by atoms with Crippen LogP contribution in [-0.4, -0.2) is 25.3 Å². The Labute approximate surface area is 128 Å². The predicted octanol–water partition coefficient (Wildman–Crippen LogP) is 3.34. The smallest absolute Gasteiger partial charge is 0.0685 e. The van der Waals surface area contributed by atoms with Crippen LogP contribution in [0.15, 0.2) is 24.3 Å². The highest BCUT2D eigenvalue weighted by molar-refractivity contribution is 5.32. The van der Waals surface area contributed by atoms with Gasteiger partial charge in [-0.2, -0.15) is 0 Å². The molecule has 114 valence electrons. The Morgan fingerprint density at radius 1 is 1.14 bits per heavy atom. The fourth-order valence-electron chi connectivity index (χ4n) is 4.99. The van der Waals surface area contributed by atoms with E-state index in [1.54, 1.807) is 11.1 Å². The first-order valence-corrected chi connectivity index (χ1v) is 8.68. The van der Waals surface area contributed by atoms with E-state index < -0.39 is 0 Å². The Kier molecular flexibility index (Phi) is 3.55. The van der Waals surface area contributed by atoms with Gasteiger partial charge in [0.2, 0.25) is 0 Å². The van der Waals surface area contributed by atoms with Gasteiger partial charge in [-0.3, -0.25) is 0 Å². The lowest BCUT2D eigenvalue weighted by molar-refractivity contribution is -0.148. The number of rotatable bonds is 3. The molecule has 2 atom stereocenters. The minimum Gasteiger partial charge on any atom is -0.375 e. The van der Waals surface area contributed by atoms with Crippen molar-refractivity contribution in [2.24, 2.45) is 11.8 Å². The largest absolute Gasteiger partial charge is 0.375 e. The first-order chi connectivity index (χ1) is 10.3. The quantitative estimate of drug-likeness (QED) is 0.919. The number of fused-ring (bicyclic) bond motifs is 1. The van der Waals surface area contributed by atoms with Gasteiger partial charge in [0.1, 0.15) is 0 Å². The average molecular weight is 285 g/mol. The molecule has 3 aliphatic rings. The first-order valence-electron chi connectivity index (χ1n) is 8.68. The minimum atomic E-state index is 0.267. The molecule has 0 aromatic heterocycles. The van der Waals surface area contributed by atoms with Crippen LogP contribution in [0.4, 0.5) is 0 Å². The highest BCUT2D eigenvalue weighted by Crippen LogP contribution is 2.46. The molecule has 1 saturated carbocycles. The summed E-state index contributed by atoms with van der Waals surface area (Å²) in [6, 6.07) is 9.67. The Morgan fingerprint density at radius 3 is 2.43 bits per heavy atom. The molecular weight excluding hydrogens is 258 g/mol. The van der Waals surface area contributed by atoms with Crippen molar-refractivity contribution in [2.45, 2.75) is 56.6 Å². The van der Waals surface area contributed by atoms with Gasteiger partial charge >= 0.3 is 0 Å². The van der Waals surface area contributed by atoms with E-state index in [9.17, 15) is 0 Å². The van der Waals surface area contributed by atoms with Gasteiger partial charge in [-0.15, -0.1) is 0 Å². The fraction of sp³-hybridized carbons (Fsp3) is 0.684. The van der Waals surface area contributed by atoms with Crippen molar-refractivity contribution in [2.75, 3.05) is 13.7 Å². The molecule has 1 heterocycles. The molecule has 2 nitrogen and oxygen atoms in total. The van der Waals surface area contributed by atoms with E-state index in [-0.39, 0.29) is 5.60 Å². The van der Waals surface area contributed by atoms with Gasteiger partial charge in [0.15, 0.2) is 0 Å². The molecule has 2 aliphatic carbocycles. The summed E-state index contributed by atoms with van der Waals surface area (Å²) in [6.45, 7) is 0.975. The zero-order valence-electron chi connectivity index (χ0n) is 13.1. The second-order valence-electron chi connectivity index (χ2n) is 7.39. The zero-order valence-corrected chi connectivity index (χ0v) is 13.1. The molecule has 1 spiro atoms. The van der Waals surface area contributed by atoms with Gasteiger partial charge < -0.3 is 10.1 Å². The van der Waals surface area contributed by atoms with Crippen LogP contribution in [0.5, 0.6) is 0 Å². The molecule has 0 bridgehead atoms. The van der Waals surface area contributed by atoms with Gasteiger partial charge in [-0.25, -0.2) is 0 Å². The lowest BCUT2D eigenvalue weighted by Gasteiger charge is -2.49. The summed E-state index contributed by atoms with van der Waals surface area (Å²) >= 11 is 0. The van der Waals surface area contributed by atoms with E-state index in [1.165, 1.54) is 44.9 Å². The van der Waals surface area contributed by atoms with E-state index in [1.807, 2.05) is 0 Å². The van der Waals surface area contributed by atoms with Crippen molar-refractivity contribution >= 4 is 0 Å². The molecule has 4 rings (SSSR count). The van der Waals surface area contributed by atoms with Crippen LogP contribution in [0.25, 0.3) is 0 Å². The van der Waals surface area contributed by atoms with E-state index in [0.29, 0.717) is 6.04 Å². The van der Waals surface area contributed by atoms with Crippen molar-refractivity contribution in [3.05, 3.63) is 35.4 Å². The van der Waals surface area contributed by atoms with E-state index in [4.69, 9.17) is 4.74 Å². The summed E-state index contributed by atoms with van der Waals surface area (Å²) < 4.78 is 6.12. The first kappa shape index (κ1) is 13.8. The third-order valence-electron chi connectivity index (χ3n) is 6.23. The Balaban J connectivity index is 1.48. The normalized spacial score (nSPS) is 29.1. The summed E-state index contributed by atoms with van der Waals surface area (Å²) in [5.41, 5.74) is 3.42. The third-order valence-corrected chi connectivity index (χ3v) is 6.23. The fourth-order valence-corrected chi connectivity index (χ4v) is 4.99. The third kappa shape index (κ3) is 2.43. The molecule has 1 aliphatic heterocycles. The molecular formula is C19H27NO. The lowest BCUT2D eigenvalue weighted by atomic mass is 9.68. The highest BCUT2D eigenvalue weighted by atomic mass is 16.5. The van der Waals surface area contributed by atoms with Gasteiger partial charge in [0, 0.05) is 12.6 Å². The lowest BCUT2D eigenvalue weighted by Crippen LogP contribution is -2.51. The molecule has 1 saturated heterocycles. The Morgan fingerprint density at radius 2 is 1.86 bits per heavy atom. The standard InChI is InChI=1S/C19H27NO/c1-20-18(16-7-10-21-19(13-16)8-4-9-19)17-11-14-5-2-3-6-15(14)12-17/h2-3,5-6,16-18,20H,4,7-13H2,1H3. The van der Waals surface area contributed by atoms with Crippen LogP contribution in [0.3, 0.4) is 0 Å². The van der Waals surface area contributed by atoms with Crippen LogP contribution in [0.1, 0.15) is 43.2 Å². The molecule has 2 heteroatoms. The van der Waals surface area contributed by atoms with Crippen molar-refractivity contribution < 1.29 is 4.74 Å². The molecule has 2 fully saturated rings. The number of hydrogen-bond donors (Lipinski definition) is 1. The second kappa shape index (κ2) is 5.40. The molecule has 0 amide bonds.